The molecule has 0 aliphatic rings. The van der Waals surface area contributed by atoms with Crippen LogP contribution < -0.4 is 15.5 Å². The summed E-state index contributed by atoms with van der Waals surface area (Å²) in [7, 11) is 0. The molecule has 0 spiro atoms. The van der Waals surface area contributed by atoms with Crippen molar-refractivity contribution in [1.82, 2.24) is 5.32 Å². The molecule has 2 N–H and O–H groups in total. The first-order valence-electron chi connectivity index (χ1n) is 10.2. The van der Waals surface area contributed by atoms with Gasteiger partial charge in [0.2, 0.25) is 5.91 Å². The average Bonchev–Trinajstić information content (AvgIpc) is 2.77. The standard InChI is InChI=1S/C23H27N3O4S/c1-3-16-30-21(28)15-14-20(27)25-23(31)24-19-13-9-8-12-18(19)22(29)26(4-2)17-10-6-5-7-11-17/h5-13H,3-4,14-16H2,1-2H3,(H2,24,25,27,31). The molecule has 0 bridgehead atoms. The maximum Gasteiger partial charge on any atom is 0.306 e. The number of nitrogens with zero attached hydrogens (tertiary/aromatic N) is 1. The van der Waals surface area contributed by atoms with Crippen molar-refractivity contribution in [3.8, 4) is 0 Å². The van der Waals surface area contributed by atoms with Crippen LogP contribution in [0.2, 0.25) is 0 Å². The predicted octanol–water partition coefficient (Wildman–Crippen LogP) is 3.90. The molecular weight excluding hydrogens is 414 g/mol. The lowest BCUT2D eigenvalue weighted by Gasteiger charge is -2.22. The summed E-state index contributed by atoms with van der Waals surface area (Å²) in [5.74, 6) is -1.02. The number of nitrogens with one attached hydrogen (secondary N) is 2. The number of carbonyl (C=O) groups excluding carboxylic acids is 3. The molecule has 2 aromatic carbocycles. The summed E-state index contributed by atoms with van der Waals surface area (Å²) < 4.78 is 4.94. The smallest absolute Gasteiger partial charge is 0.306 e. The van der Waals surface area contributed by atoms with Crippen LogP contribution in [-0.4, -0.2) is 36.0 Å². The number of para-hydroxylation sites is 2. The molecule has 0 radical (unpaired) electrons. The lowest BCUT2D eigenvalue weighted by Crippen LogP contribution is -2.36. The van der Waals surface area contributed by atoms with Crippen LogP contribution in [0, 0.1) is 0 Å². The lowest BCUT2D eigenvalue weighted by atomic mass is 10.1. The Hall–Kier alpha value is -3.26. The van der Waals surface area contributed by atoms with Gasteiger partial charge in [0, 0.05) is 18.7 Å². The number of hydrogen-bond acceptors (Lipinski definition) is 5. The summed E-state index contributed by atoms with van der Waals surface area (Å²) in [6.45, 7) is 4.62. The Kier molecular flexibility index (Phi) is 9.64. The van der Waals surface area contributed by atoms with Gasteiger partial charge in [-0.1, -0.05) is 37.3 Å². The van der Waals surface area contributed by atoms with E-state index in [2.05, 4.69) is 10.6 Å². The molecule has 164 valence electrons. The fraction of sp³-hybridized carbons (Fsp3) is 0.304. The van der Waals surface area contributed by atoms with Crippen molar-refractivity contribution in [2.24, 2.45) is 0 Å². The minimum atomic E-state index is -0.424. The van der Waals surface area contributed by atoms with Gasteiger partial charge in [0.25, 0.3) is 5.91 Å². The number of anilines is 2. The van der Waals surface area contributed by atoms with Gasteiger partial charge < -0.3 is 20.3 Å². The van der Waals surface area contributed by atoms with Crippen LogP contribution >= 0.6 is 12.2 Å². The highest BCUT2D eigenvalue weighted by Crippen LogP contribution is 2.21. The van der Waals surface area contributed by atoms with Gasteiger partial charge in [-0.25, -0.2) is 0 Å². The van der Waals surface area contributed by atoms with Gasteiger partial charge in [0.1, 0.15) is 0 Å². The maximum atomic E-state index is 13.2. The molecule has 2 rings (SSSR count). The highest BCUT2D eigenvalue weighted by molar-refractivity contribution is 7.80. The van der Waals surface area contributed by atoms with E-state index in [0.717, 1.165) is 12.1 Å². The third-order valence-corrected chi connectivity index (χ3v) is 4.52. The predicted molar refractivity (Wildman–Crippen MR) is 125 cm³/mol. The molecule has 2 aromatic rings. The monoisotopic (exact) mass is 441 g/mol. The van der Waals surface area contributed by atoms with Crippen molar-refractivity contribution in [3.63, 3.8) is 0 Å². The van der Waals surface area contributed by atoms with E-state index in [-0.39, 0.29) is 23.9 Å². The largest absolute Gasteiger partial charge is 0.466 e. The van der Waals surface area contributed by atoms with Crippen LogP contribution in [0.15, 0.2) is 54.6 Å². The Morgan fingerprint density at radius 3 is 2.32 bits per heavy atom. The Morgan fingerprint density at radius 2 is 1.65 bits per heavy atom. The average molecular weight is 442 g/mol. The Morgan fingerprint density at radius 1 is 0.968 bits per heavy atom. The SMILES string of the molecule is CCCOC(=O)CCC(=O)NC(=S)Nc1ccccc1C(=O)N(CC)c1ccccc1. The van der Waals surface area contributed by atoms with E-state index in [1.54, 1.807) is 29.2 Å². The van der Waals surface area contributed by atoms with E-state index in [0.29, 0.717) is 24.4 Å². The first kappa shape index (κ1) is 24.0. The van der Waals surface area contributed by atoms with Crippen LogP contribution in [0.25, 0.3) is 0 Å². The molecule has 0 saturated heterocycles. The number of thiocarbonyl (C=S) groups is 1. The number of esters is 1. The van der Waals surface area contributed by atoms with Crippen molar-refractivity contribution >= 4 is 46.5 Å². The number of amides is 2. The van der Waals surface area contributed by atoms with E-state index < -0.39 is 11.9 Å². The van der Waals surface area contributed by atoms with E-state index in [1.165, 1.54) is 0 Å². The second-order valence-electron chi connectivity index (χ2n) is 6.65. The van der Waals surface area contributed by atoms with Crippen molar-refractivity contribution in [2.45, 2.75) is 33.1 Å². The molecule has 7 nitrogen and oxygen atoms in total. The second-order valence-corrected chi connectivity index (χ2v) is 7.06. The molecule has 0 aliphatic heterocycles. The van der Waals surface area contributed by atoms with Crippen LogP contribution in [0.5, 0.6) is 0 Å². The third-order valence-electron chi connectivity index (χ3n) is 4.31. The summed E-state index contributed by atoms with van der Waals surface area (Å²) in [6.07, 6.45) is 0.665. The minimum Gasteiger partial charge on any atom is -0.466 e. The maximum absolute atomic E-state index is 13.2. The number of hydrogen-bond donors (Lipinski definition) is 2. The first-order valence-corrected chi connectivity index (χ1v) is 10.6. The Balaban J connectivity index is 2.01. The minimum absolute atomic E-state index is 0.0218. The summed E-state index contributed by atoms with van der Waals surface area (Å²) in [5, 5.41) is 5.49. The van der Waals surface area contributed by atoms with E-state index >= 15 is 0 Å². The molecule has 0 heterocycles. The van der Waals surface area contributed by atoms with Crippen molar-refractivity contribution in [3.05, 3.63) is 60.2 Å². The van der Waals surface area contributed by atoms with Gasteiger partial charge in [-0.05, 0) is 49.8 Å². The van der Waals surface area contributed by atoms with Crippen LogP contribution in [0.3, 0.4) is 0 Å². The molecule has 8 heteroatoms. The summed E-state index contributed by atoms with van der Waals surface area (Å²) >= 11 is 5.21. The van der Waals surface area contributed by atoms with Gasteiger partial charge in [0.15, 0.2) is 5.11 Å². The number of benzene rings is 2. The molecule has 31 heavy (non-hydrogen) atoms. The van der Waals surface area contributed by atoms with Crippen LogP contribution in [-0.2, 0) is 14.3 Å². The number of carbonyl (C=O) groups is 3. The summed E-state index contributed by atoms with van der Waals surface area (Å²) in [4.78, 5) is 38.4. The van der Waals surface area contributed by atoms with Gasteiger partial charge in [-0.3, -0.25) is 14.4 Å². The molecule has 0 saturated carbocycles. The molecule has 0 fully saturated rings. The molecule has 0 unspecified atom stereocenters. The van der Waals surface area contributed by atoms with Crippen molar-refractivity contribution in [2.75, 3.05) is 23.4 Å². The van der Waals surface area contributed by atoms with Crippen LogP contribution in [0.1, 0.15) is 43.5 Å². The van der Waals surface area contributed by atoms with Crippen molar-refractivity contribution in [1.29, 1.82) is 0 Å². The molecule has 2 amide bonds. The molecular formula is C23H27N3O4S. The zero-order valence-corrected chi connectivity index (χ0v) is 18.5. The van der Waals surface area contributed by atoms with E-state index in [1.807, 2.05) is 44.2 Å². The van der Waals surface area contributed by atoms with Gasteiger partial charge in [-0.2, -0.15) is 0 Å². The number of rotatable bonds is 9. The zero-order chi connectivity index (χ0) is 22.6. The zero-order valence-electron chi connectivity index (χ0n) is 17.7. The molecule has 0 aliphatic carbocycles. The Labute approximate surface area is 187 Å². The normalized spacial score (nSPS) is 10.1. The van der Waals surface area contributed by atoms with Gasteiger partial charge in [-0.15, -0.1) is 0 Å². The highest BCUT2D eigenvalue weighted by atomic mass is 32.1. The first-order chi connectivity index (χ1) is 15.0. The van der Waals surface area contributed by atoms with Gasteiger partial charge >= 0.3 is 5.97 Å². The number of ether oxygens (including phenoxy) is 1. The van der Waals surface area contributed by atoms with Gasteiger partial charge in [0.05, 0.1) is 24.3 Å². The molecule has 0 atom stereocenters. The molecule has 0 aromatic heterocycles. The van der Waals surface area contributed by atoms with Crippen LogP contribution in [0.4, 0.5) is 11.4 Å². The topological polar surface area (TPSA) is 87.7 Å². The summed E-state index contributed by atoms with van der Waals surface area (Å²) in [6, 6.07) is 16.3. The fourth-order valence-electron chi connectivity index (χ4n) is 2.82. The van der Waals surface area contributed by atoms with E-state index in [9.17, 15) is 14.4 Å². The fourth-order valence-corrected chi connectivity index (χ4v) is 3.05. The van der Waals surface area contributed by atoms with Crippen molar-refractivity contribution < 1.29 is 19.1 Å². The van der Waals surface area contributed by atoms with E-state index in [4.69, 9.17) is 17.0 Å². The third kappa shape index (κ3) is 7.49. The Bertz CT molecular complexity index is 918. The second kappa shape index (κ2) is 12.4. The highest BCUT2D eigenvalue weighted by Gasteiger charge is 2.19. The quantitative estimate of drug-likeness (QED) is 0.453. The summed E-state index contributed by atoms with van der Waals surface area (Å²) in [5.41, 5.74) is 1.69. The lowest BCUT2D eigenvalue weighted by molar-refractivity contribution is -0.144.